The molecule has 3 heteroatoms. The van der Waals surface area contributed by atoms with Crippen molar-refractivity contribution in [2.24, 2.45) is 17.8 Å². The lowest BCUT2D eigenvalue weighted by Crippen LogP contribution is -2.18. The van der Waals surface area contributed by atoms with E-state index in [1.54, 1.807) is 12.1 Å². The van der Waals surface area contributed by atoms with Crippen LogP contribution in [0.4, 0.5) is 5.69 Å². The fraction of sp³-hybridized carbons (Fsp3) is 0.400. The van der Waals surface area contributed by atoms with Crippen molar-refractivity contribution < 1.29 is 0 Å². The summed E-state index contributed by atoms with van der Waals surface area (Å²) in [7, 11) is 0. The molecule has 0 saturated heterocycles. The average molecular weight is 259 g/mol. The molecule has 2 bridgehead atoms. The quantitative estimate of drug-likeness (QED) is 0.837. The zero-order chi connectivity index (χ0) is 12.5. The standard InChI is InChI=1S/C15H15ClN2/c16-14-4-3-12(8-17)15(7-14)18-9-13-6-10-1-2-11(13)5-10/h1-4,7,10-11,13,18H,5-6,9H2. The normalized spacial score (nSPS) is 28.3. The van der Waals surface area contributed by atoms with Crippen LogP contribution in [-0.2, 0) is 0 Å². The monoisotopic (exact) mass is 258 g/mol. The minimum atomic E-state index is 0.665. The van der Waals surface area contributed by atoms with E-state index >= 15 is 0 Å². The summed E-state index contributed by atoms with van der Waals surface area (Å²) < 4.78 is 0. The van der Waals surface area contributed by atoms with Crippen LogP contribution in [0.5, 0.6) is 0 Å². The summed E-state index contributed by atoms with van der Waals surface area (Å²) in [6.45, 7) is 0.931. The lowest BCUT2D eigenvalue weighted by atomic mass is 9.93. The Bertz CT molecular complexity index is 530. The van der Waals surface area contributed by atoms with E-state index in [2.05, 4.69) is 23.5 Å². The van der Waals surface area contributed by atoms with Gasteiger partial charge in [-0.05, 0) is 48.8 Å². The van der Waals surface area contributed by atoms with E-state index < -0.39 is 0 Å². The van der Waals surface area contributed by atoms with Gasteiger partial charge in [0.25, 0.3) is 0 Å². The number of rotatable bonds is 3. The topological polar surface area (TPSA) is 35.8 Å². The second kappa shape index (κ2) is 4.66. The number of allylic oxidation sites excluding steroid dienone is 2. The maximum Gasteiger partial charge on any atom is 0.101 e. The van der Waals surface area contributed by atoms with Crippen LogP contribution in [0.3, 0.4) is 0 Å². The first-order chi connectivity index (χ1) is 8.76. The third-order valence-corrected chi connectivity index (χ3v) is 4.31. The number of hydrogen-bond acceptors (Lipinski definition) is 2. The largest absolute Gasteiger partial charge is 0.384 e. The van der Waals surface area contributed by atoms with Gasteiger partial charge in [0.15, 0.2) is 0 Å². The summed E-state index contributed by atoms with van der Waals surface area (Å²) in [5.74, 6) is 2.22. The Hall–Kier alpha value is -1.46. The van der Waals surface area contributed by atoms with E-state index in [0.717, 1.165) is 24.1 Å². The first kappa shape index (κ1) is 11.6. The van der Waals surface area contributed by atoms with Gasteiger partial charge >= 0.3 is 0 Å². The molecule has 3 rings (SSSR count). The molecule has 0 heterocycles. The van der Waals surface area contributed by atoms with Crippen molar-refractivity contribution in [3.05, 3.63) is 40.9 Å². The van der Waals surface area contributed by atoms with Gasteiger partial charge in [-0.15, -0.1) is 0 Å². The highest BCUT2D eigenvalue weighted by Gasteiger charge is 2.35. The molecule has 1 aromatic carbocycles. The second-order valence-electron chi connectivity index (χ2n) is 5.22. The van der Waals surface area contributed by atoms with Crippen molar-refractivity contribution in [3.8, 4) is 6.07 Å². The molecule has 92 valence electrons. The number of anilines is 1. The highest BCUT2D eigenvalue weighted by Crippen LogP contribution is 2.43. The van der Waals surface area contributed by atoms with Crippen LogP contribution >= 0.6 is 11.6 Å². The number of nitrogens with one attached hydrogen (secondary N) is 1. The third kappa shape index (κ3) is 2.11. The fourth-order valence-electron chi connectivity index (χ4n) is 3.13. The van der Waals surface area contributed by atoms with E-state index in [9.17, 15) is 0 Å². The van der Waals surface area contributed by atoms with E-state index in [0.29, 0.717) is 16.5 Å². The molecule has 2 nitrogen and oxygen atoms in total. The first-order valence-corrected chi connectivity index (χ1v) is 6.76. The van der Waals surface area contributed by atoms with Crippen LogP contribution in [0.25, 0.3) is 0 Å². The van der Waals surface area contributed by atoms with Gasteiger partial charge in [-0.2, -0.15) is 5.26 Å². The summed E-state index contributed by atoms with van der Waals surface area (Å²) in [4.78, 5) is 0. The van der Waals surface area contributed by atoms with Crippen LogP contribution in [0.1, 0.15) is 18.4 Å². The Balaban J connectivity index is 1.68. The third-order valence-electron chi connectivity index (χ3n) is 4.07. The van der Waals surface area contributed by atoms with Gasteiger partial charge in [0.05, 0.1) is 11.3 Å². The Morgan fingerprint density at radius 3 is 2.89 bits per heavy atom. The van der Waals surface area contributed by atoms with Crippen molar-refractivity contribution in [1.29, 1.82) is 5.26 Å². The minimum absolute atomic E-state index is 0.665. The van der Waals surface area contributed by atoms with E-state index in [1.807, 2.05) is 6.07 Å². The Labute approximate surface area is 112 Å². The SMILES string of the molecule is N#Cc1ccc(Cl)cc1NCC1CC2C=CC1C2. The summed E-state index contributed by atoms with van der Waals surface area (Å²) >= 11 is 5.97. The van der Waals surface area contributed by atoms with Crippen LogP contribution < -0.4 is 5.32 Å². The van der Waals surface area contributed by atoms with Gasteiger partial charge in [-0.25, -0.2) is 0 Å². The molecule has 0 aliphatic heterocycles. The molecule has 1 fully saturated rings. The van der Waals surface area contributed by atoms with Gasteiger partial charge in [0.2, 0.25) is 0 Å². The Kier molecular flexibility index (Phi) is 3.01. The van der Waals surface area contributed by atoms with E-state index in [1.165, 1.54) is 12.8 Å². The van der Waals surface area contributed by atoms with Gasteiger partial charge in [-0.3, -0.25) is 0 Å². The van der Waals surface area contributed by atoms with Crippen LogP contribution in [0, 0.1) is 29.1 Å². The molecule has 0 amide bonds. The molecule has 3 atom stereocenters. The first-order valence-electron chi connectivity index (χ1n) is 6.38. The maximum absolute atomic E-state index is 9.06. The summed E-state index contributed by atoms with van der Waals surface area (Å²) in [5.41, 5.74) is 1.52. The summed E-state index contributed by atoms with van der Waals surface area (Å²) in [5, 5.41) is 13.1. The van der Waals surface area contributed by atoms with Gasteiger partial charge in [0.1, 0.15) is 6.07 Å². The molecule has 2 aliphatic carbocycles. The van der Waals surface area contributed by atoms with Crippen LogP contribution in [0.15, 0.2) is 30.4 Å². The number of halogens is 1. The van der Waals surface area contributed by atoms with Crippen molar-refractivity contribution in [2.45, 2.75) is 12.8 Å². The zero-order valence-electron chi connectivity index (χ0n) is 10.1. The maximum atomic E-state index is 9.06. The van der Waals surface area contributed by atoms with Crippen LogP contribution in [0.2, 0.25) is 5.02 Å². The molecule has 1 aromatic rings. The second-order valence-corrected chi connectivity index (χ2v) is 5.66. The molecule has 2 aliphatic rings. The van der Waals surface area contributed by atoms with Crippen molar-refractivity contribution in [2.75, 3.05) is 11.9 Å². The Morgan fingerprint density at radius 1 is 1.33 bits per heavy atom. The van der Waals surface area contributed by atoms with Gasteiger partial charge in [-0.1, -0.05) is 23.8 Å². The predicted molar refractivity (Wildman–Crippen MR) is 73.5 cm³/mol. The molecule has 0 aromatic heterocycles. The number of fused-ring (bicyclic) bond motifs is 2. The highest BCUT2D eigenvalue weighted by atomic mass is 35.5. The molecule has 0 radical (unpaired) electrons. The number of nitriles is 1. The van der Waals surface area contributed by atoms with Crippen molar-refractivity contribution >= 4 is 17.3 Å². The molecule has 0 spiro atoms. The van der Waals surface area contributed by atoms with Crippen LogP contribution in [-0.4, -0.2) is 6.54 Å². The smallest absolute Gasteiger partial charge is 0.101 e. The Morgan fingerprint density at radius 2 is 2.22 bits per heavy atom. The predicted octanol–water partition coefficient (Wildman–Crippen LogP) is 3.84. The minimum Gasteiger partial charge on any atom is -0.384 e. The summed E-state index contributed by atoms with van der Waals surface area (Å²) in [6.07, 6.45) is 7.29. The molecule has 3 unspecified atom stereocenters. The molecular formula is C15H15ClN2. The van der Waals surface area contributed by atoms with Gasteiger partial charge < -0.3 is 5.32 Å². The molecule has 1 saturated carbocycles. The van der Waals surface area contributed by atoms with E-state index in [4.69, 9.17) is 16.9 Å². The highest BCUT2D eigenvalue weighted by molar-refractivity contribution is 6.30. The van der Waals surface area contributed by atoms with Gasteiger partial charge in [0, 0.05) is 11.6 Å². The molecular weight excluding hydrogens is 244 g/mol. The summed E-state index contributed by atoms with van der Waals surface area (Å²) in [6, 6.07) is 7.56. The zero-order valence-corrected chi connectivity index (χ0v) is 10.8. The van der Waals surface area contributed by atoms with Crippen molar-refractivity contribution in [3.63, 3.8) is 0 Å². The molecule has 1 N–H and O–H groups in total. The lowest BCUT2D eigenvalue weighted by Gasteiger charge is -2.19. The lowest BCUT2D eigenvalue weighted by molar-refractivity contribution is 0.472. The van der Waals surface area contributed by atoms with E-state index in [-0.39, 0.29) is 0 Å². The fourth-order valence-corrected chi connectivity index (χ4v) is 3.30. The number of hydrogen-bond donors (Lipinski definition) is 1. The number of nitrogens with zero attached hydrogens (tertiary/aromatic N) is 1. The van der Waals surface area contributed by atoms with Crippen molar-refractivity contribution in [1.82, 2.24) is 0 Å². The average Bonchev–Trinajstić information content (AvgIpc) is 2.98. The number of benzene rings is 1. The molecule has 18 heavy (non-hydrogen) atoms.